The van der Waals surface area contributed by atoms with Crippen molar-refractivity contribution in [2.24, 2.45) is 17.8 Å². The Morgan fingerprint density at radius 1 is 0.938 bits per heavy atom. The van der Waals surface area contributed by atoms with Gasteiger partial charge in [0.2, 0.25) is 0 Å². The van der Waals surface area contributed by atoms with Crippen molar-refractivity contribution in [2.75, 3.05) is 5.32 Å². The van der Waals surface area contributed by atoms with Crippen molar-refractivity contribution in [2.45, 2.75) is 44.2 Å². The van der Waals surface area contributed by atoms with Crippen LogP contribution in [-0.2, 0) is 0 Å². The van der Waals surface area contributed by atoms with Gasteiger partial charge in [-0.2, -0.15) is 0 Å². The molecule has 2 aliphatic carbocycles. The van der Waals surface area contributed by atoms with E-state index in [1.807, 2.05) is 31.2 Å². The maximum Gasteiger partial charge on any atom is 0.251 e. The summed E-state index contributed by atoms with van der Waals surface area (Å²) in [6, 6.07) is 27.7. The van der Waals surface area contributed by atoms with Gasteiger partial charge in [-0.1, -0.05) is 60.7 Å². The van der Waals surface area contributed by atoms with Crippen LogP contribution in [0.1, 0.15) is 71.2 Å². The zero-order chi connectivity index (χ0) is 21.7. The quantitative estimate of drug-likeness (QED) is 0.506. The monoisotopic (exact) mass is 422 g/mol. The van der Waals surface area contributed by atoms with Crippen molar-refractivity contribution < 1.29 is 4.79 Å². The number of amides is 1. The lowest BCUT2D eigenvalue weighted by Crippen LogP contribution is -2.36. The summed E-state index contributed by atoms with van der Waals surface area (Å²) >= 11 is 0. The molecule has 0 radical (unpaired) electrons. The van der Waals surface area contributed by atoms with E-state index < -0.39 is 0 Å². The van der Waals surface area contributed by atoms with Crippen LogP contribution < -0.4 is 10.6 Å². The Morgan fingerprint density at radius 2 is 1.66 bits per heavy atom. The molecule has 2 N–H and O–H groups in total. The third kappa shape index (κ3) is 3.23. The largest absolute Gasteiger partial charge is 0.378 e. The van der Waals surface area contributed by atoms with Gasteiger partial charge in [0.25, 0.3) is 5.91 Å². The Kier molecular flexibility index (Phi) is 4.78. The summed E-state index contributed by atoms with van der Waals surface area (Å²) in [6.07, 6.45) is 4.01. The number of anilines is 1. The molecule has 3 aromatic carbocycles. The first kappa shape index (κ1) is 19.6. The second-order valence-electron chi connectivity index (χ2n) is 9.88. The van der Waals surface area contributed by atoms with E-state index in [4.69, 9.17) is 0 Å². The zero-order valence-electron chi connectivity index (χ0n) is 18.5. The number of carbonyl (C=O) groups excluding carboxylic acids is 1. The van der Waals surface area contributed by atoms with Crippen molar-refractivity contribution in [1.82, 2.24) is 5.32 Å². The van der Waals surface area contributed by atoms with Gasteiger partial charge in [-0.3, -0.25) is 4.79 Å². The molecule has 0 unspecified atom stereocenters. The molecule has 6 atom stereocenters. The molecule has 1 aliphatic heterocycles. The molecular weight excluding hydrogens is 392 g/mol. The number of hydrogen-bond acceptors (Lipinski definition) is 2. The molecule has 2 bridgehead atoms. The summed E-state index contributed by atoms with van der Waals surface area (Å²) in [5, 5.41) is 7.06. The highest BCUT2D eigenvalue weighted by atomic mass is 16.1. The fraction of sp³-hybridized carbons (Fsp3) is 0.345. The van der Waals surface area contributed by atoms with Crippen LogP contribution in [0.4, 0.5) is 5.69 Å². The zero-order valence-corrected chi connectivity index (χ0v) is 18.5. The highest BCUT2D eigenvalue weighted by molar-refractivity contribution is 5.95. The Labute approximate surface area is 190 Å². The second-order valence-corrected chi connectivity index (χ2v) is 9.88. The molecule has 0 aromatic heterocycles. The lowest BCUT2D eigenvalue weighted by molar-refractivity contribution is 0.0939. The van der Waals surface area contributed by atoms with E-state index >= 15 is 0 Å². The molecule has 3 aliphatic rings. The lowest BCUT2D eigenvalue weighted by atomic mass is 9.68. The molecule has 3 heteroatoms. The first-order valence-corrected chi connectivity index (χ1v) is 12.0. The number of nitrogens with one attached hydrogen (secondary N) is 2. The van der Waals surface area contributed by atoms with Crippen molar-refractivity contribution in [1.29, 1.82) is 0 Å². The number of fused-ring (bicyclic) bond motifs is 7. The second kappa shape index (κ2) is 7.81. The molecule has 3 nitrogen and oxygen atoms in total. The first-order valence-electron chi connectivity index (χ1n) is 12.0. The van der Waals surface area contributed by atoms with Crippen LogP contribution in [-0.4, -0.2) is 5.91 Å². The van der Waals surface area contributed by atoms with Crippen LogP contribution in [0.2, 0.25) is 0 Å². The van der Waals surface area contributed by atoms with Gasteiger partial charge < -0.3 is 10.6 Å². The summed E-state index contributed by atoms with van der Waals surface area (Å²) in [5.74, 6) is 2.71. The molecule has 0 spiro atoms. The van der Waals surface area contributed by atoms with Crippen LogP contribution >= 0.6 is 0 Å². The Morgan fingerprint density at radius 3 is 2.44 bits per heavy atom. The summed E-state index contributed by atoms with van der Waals surface area (Å²) in [5.41, 5.74) is 5.85. The van der Waals surface area contributed by atoms with Crippen LogP contribution in [0.3, 0.4) is 0 Å². The van der Waals surface area contributed by atoms with E-state index in [0.717, 1.165) is 23.0 Å². The third-order valence-corrected chi connectivity index (χ3v) is 8.16. The molecule has 1 amide bonds. The maximum atomic E-state index is 13.1. The fourth-order valence-corrected chi connectivity index (χ4v) is 6.72. The SMILES string of the molecule is C[C@@H](NC(=O)c1ccc2c(c1)[C@H]1[C@@H]3CC[C@@H](C3)[C@@H]1[C@H](c1ccccc1)N2)c1ccccc1. The minimum atomic E-state index is -0.0180. The van der Waals surface area contributed by atoms with Crippen molar-refractivity contribution >= 4 is 11.6 Å². The van der Waals surface area contributed by atoms with Gasteiger partial charge >= 0.3 is 0 Å². The minimum absolute atomic E-state index is 0.00837. The van der Waals surface area contributed by atoms with Gasteiger partial charge in [0, 0.05) is 11.3 Å². The third-order valence-electron chi connectivity index (χ3n) is 8.16. The van der Waals surface area contributed by atoms with Crippen molar-refractivity contribution in [3.63, 3.8) is 0 Å². The Hall–Kier alpha value is -3.07. The van der Waals surface area contributed by atoms with Gasteiger partial charge in [-0.25, -0.2) is 0 Å². The van der Waals surface area contributed by atoms with Gasteiger partial charge in [0.05, 0.1) is 12.1 Å². The number of hydrogen-bond donors (Lipinski definition) is 2. The first-order chi connectivity index (χ1) is 15.7. The predicted molar refractivity (Wildman–Crippen MR) is 129 cm³/mol. The van der Waals surface area contributed by atoms with Crippen LogP contribution in [0, 0.1) is 17.8 Å². The van der Waals surface area contributed by atoms with Crippen LogP contribution in [0.25, 0.3) is 0 Å². The molecule has 0 saturated heterocycles. The average Bonchev–Trinajstić information content (AvgIpc) is 3.47. The summed E-state index contributed by atoms with van der Waals surface area (Å²) < 4.78 is 0. The average molecular weight is 423 g/mol. The van der Waals surface area contributed by atoms with E-state index in [2.05, 4.69) is 65.2 Å². The smallest absolute Gasteiger partial charge is 0.251 e. The molecule has 2 saturated carbocycles. The maximum absolute atomic E-state index is 13.1. The van der Waals surface area contributed by atoms with Crippen molar-refractivity contribution in [3.8, 4) is 0 Å². The number of rotatable bonds is 4. The fourth-order valence-electron chi connectivity index (χ4n) is 6.72. The number of benzene rings is 3. The molecule has 6 rings (SSSR count). The highest BCUT2D eigenvalue weighted by Crippen LogP contribution is 2.63. The van der Waals surface area contributed by atoms with E-state index in [-0.39, 0.29) is 11.9 Å². The van der Waals surface area contributed by atoms with E-state index in [9.17, 15) is 4.79 Å². The van der Waals surface area contributed by atoms with Crippen LogP contribution in [0.15, 0.2) is 78.9 Å². The van der Waals surface area contributed by atoms with E-state index in [0.29, 0.717) is 17.9 Å². The summed E-state index contributed by atoms with van der Waals surface area (Å²) in [6.45, 7) is 2.05. The molecule has 32 heavy (non-hydrogen) atoms. The van der Waals surface area contributed by atoms with Gasteiger partial charge in [-0.15, -0.1) is 0 Å². The minimum Gasteiger partial charge on any atom is -0.378 e. The lowest BCUT2D eigenvalue weighted by Gasteiger charge is -2.43. The Balaban J connectivity index is 1.31. The van der Waals surface area contributed by atoms with E-state index in [1.165, 1.54) is 36.1 Å². The molecule has 162 valence electrons. The molecular formula is C29H30N2O. The molecule has 1 heterocycles. The van der Waals surface area contributed by atoms with Crippen molar-refractivity contribution in [3.05, 3.63) is 101 Å². The van der Waals surface area contributed by atoms with Crippen LogP contribution in [0.5, 0.6) is 0 Å². The Bertz CT molecular complexity index is 1130. The number of carbonyl (C=O) groups is 1. The molecule has 2 fully saturated rings. The molecule has 3 aromatic rings. The predicted octanol–water partition coefficient (Wildman–Crippen LogP) is 6.47. The van der Waals surface area contributed by atoms with E-state index in [1.54, 1.807) is 0 Å². The normalized spacial score (nSPS) is 28.3. The summed E-state index contributed by atoms with van der Waals surface area (Å²) in [7, 11) is 0. The standard InChI is InChI=1S/C29H30N2O/c1-18(19-8-4-2-5-9-19)30-29(32)23-14-15-25-24(17-23)26-21-12-13-22(16-21)27(26)28(31-25)20-10-6-3-7-11-20/h2-11,14-15,17-18,21-22,26-28,31H,12-13,16H2,1H3,(H,30,32)/t18-,21-,22+,26-,27+,28+/m1/s1. The van der Waals surface area contributed by atoms with Gasteiger partial charge in [0.15, 0.2) is 0 Å². The highest BCUT2D eigenvalue weighted by Gasteiger charge is 2.53. The van der Waals surface area contributed by atoms with Gasteiger partial charge in [-0.05, 0) is 84.7 Å². The topological polar surface area (TPSA) is 41.1 Å². The summed E-state index contributed by atoms with van der Waals surface area (Å²) in [4.78, 5) is 13.1. The van der Waals surface area contributed by atoms with Gasteiger partial charge in [0.1, 0.15) is 0 Å².